The number of hydrogen-bond acceptors (Lipinski definition) is 3. The van der Waals surface area contributed by atoms with Crippen molar-refractivity contribution >= 4 is 50.2 Å². The SMILES string of the molecule is Nc1ccsc1CNc1ccc(Cl)c(Br)c1. The van der Waals surface area contributed by atoms with Gasteiger partial charge in [0.1, 0.15) is 0 Å². The number of nitrogen functional groups attached to an aromatic ring is 1. The average Bonchev–Trinajstić information content (AvgIpc) is 2.66. The summed E-state index contributed by atoms with van der Waals surface area (Å²) in [6, 6.07) is 7.66. The van der Waals surface area contributed by atoms with Crippen LogP contribution in [0.25, 0.3) is 0 Å². The molecule has 0 aliphatic rings. The summed E-state index contributed by atoms with van der Waals surface area (Å²) >= 11 is 10.9. The van der Waals surface area contributed by atoms with Crippen LogP contribution in [0.4, 0.5) is 11.4 Å². The van der Waals surface area contributed by atoms with Crippen LogP contribution in [-0.2, 0) is 6.54 Å². The molecule has 0 spiro atoms. The lowest BCUT2D eigenvalue weighted by Crippen LogP contribution is -1.99. The molecule has 0 fully saturated rings. The van der Waals surface area contributed by atoms with Gasteiger partial charge in [0.25, 0.3) is 0 Å². The predicted molar refractivity (Wildman–Crippen MR) is 75.2 cm³/mol. The highest BCUT2D eigenvalue weighted by molar-refractivity contribution is 9.10. The molecule has 0 aliphatic heterocycles. The van der Waals surface area contributed by atoms with Crippen LogP contribution in [0.2, 0.25) is 5.02 Å². The van der Waals surface area contributed by atoms with E-state index in [2.05, 4.69) is 21.2 Å². The van der Waals surface area contributed by atoms with Crippen molar-refractivity contribution < 1.29 is 0 Å². The molecular weight excluding hydrogens is 308 g/mol. The van der Waals surface area contributed by atoms with E-state index in [4.69, 9.17) is 17.3 Å². The van der Waals surface area contributed by atoms with Gasteiger partial charge in [0.2, 0.25) is 0 Å². The number of anilines is 2. The molecule has 0 aliphatic carbocycles. The summed E-state index contributed by atoms with van der Waals surface area (Å²) in [5.41, 5.74) is 7.65. The van der Waals surface area contributed by atoms with Gasteiger partial charge in [-0.15, -0.1) is 11.3 Å². The first kappa shape index (κ1) is 11.8. The fourth-order valence-electron chi connectivity index (χ4n) is 1.28. The van der Waals surface area contributed by atoms with Gasteiger partial charge in [-0.1, -0.05) is 11.6 Å². The van der Waals surface area contributed by atoms with Crippen molar-refractivity contribution in [2.75, 3.05) is 11.1 Å². The van der Waals surface area contributed by atoms with E-state index in [0.29, 0.717) is 5.02 Å². The first-order chi connectivity index (χ1) is 7.66. The summed E-state index contributed by atoms with van der Waals surface area (Å²) in [6.07, 6.45) is 0. The number of rotatable bonds is 3. The molecule has 0 atom stereocenters. The number of hydrogen-bond donors (Lipinski definition) is 2. The van der Waals surface area contributed by atoms with Gasteiger partial charge in [0.15, 0.2) is 0 Å². The van der Waals surface area contributed by atoms with Crippen molar-refractivity contribution in [1.29, 1.82) is 0 Å². The zero-order valence-electron chi connectivity index (χ0n) is 8.34. The lowest BCUT2D eigenvalue weighted by Gasteiger charge is -2.06. The van der Waals surface area contributed by atoms with E-state index in [1.165, 1.54) is 0 Å². The minimum Gasteiger partial charge on any atom is -0.398 e. The molecule has 1 aromatic heterocycles. The monoisotopic (exact) mass is 316 g/mol. The minimum atomic E-state index is 0.709. The van der Waals surface area contributed by atoms with Crippen molar-refractivity contribution in [1.82, 2.24) is 0 Å². The van der Waals surface area contributed by atoms with E-state index in [0.717, 1.165) is 27.3 Å². The van der Waals surface area contributed by atoms with Crippen molar-refractivity contribution in [3.63, 3.8) is 0 Å². The van der Waals surface area contributed by atoms with Crippen LogP contribution >= 0.6 is 38.9 Å². The quantitative estimate of drug-likeness (QED) is 0.883. The second-order valence-corrected chi connectivity index (χ2v) is 5.54. The molecule has 1 heterocycles. The minimum absolute atomic E-state index is 0.709. The smallest absolute Gasteiger partial charge is 0.0549 e. The molecule has 0 amide bonds. The average molecular weight is 318 g/mol. The van der Waals surface area contributed by atoms with Crippen molar-refractivity contribution in [2.45, 2.75) is 6.54 Å². The molecule has 2 rings (SSSR count). The number of halogens is 2. The molecule has 16 heavy (non-hydrogen) atoms. The first-order valence-corrected chi connectivity index (χ1v) is 6.72. The maximum Gasteiger partial charge on any atom is 0.0549 e. The molecule has 2 aromatic rings. The van der Waals surface area contributed by atoms with Crippen LogP contribution in [0.5, 0.6) is 0 Å². The van der Waals surface area contributed by atoms with Crippen molar-refractivity contribution in [3.05, 3.63) is 44.0 Å². The molecule has 5 heteroatoms. The molecule has 3 N–H and O–H groups in total. The fourth-order valence-corrected chi connectivity index (χ4v) is 2.52. The third-order valence-corrected chi connectivity index (χ3v) is 4.30. The van der Waals surface area contributed by atoms with Crippen LogP contribution in [0.1, 0.15) is 4.88 Å². The molecule has 1 aromatic carbocycles. The Bertz CT molecular complexity index is 498. The number of thiophene rings is 1. The first-order valence-electron chi connectivity index (χ1n) is 4.67. The maximum absolute atomic E-state index is 5.91. The Morgan fingerprint density at radius 2 is 2.19 bits per heavy atom. The van der Waals surface area contributed by atoms with Crippen LogP contribution in [-0.4, -0.2) is 0 Å². The molecule has 0 radical (unpaired) electrons. The summed E-state index contributed by atoms with van der Waals surface area (Å²) in [5, 5.41) is 6.00. The van der Waals surface area contributed by atoms with E-state index in [1.54, 1.807) is 11.3 Å². The molecule has 0 unspecified atom stereocenters. The van der Waals surface area contributed by atoms with Crippen LogP contribution < -0.4 is 11.1 Å². The van der Waals surface area contributed by atoms with Gasteiger partial charge in [0, 0.05) is 20.7 Å². The Labute approximate surface area is 112 Å². The van der Waals surface area contributed by atoms with Gasteiger partial charge in [-0.25, -0.2) is 0 Å². The second-order valence-electron chi connectivity index (χ2n) is 3.28. The highest BCUT2D eigenvalue weighted by Gasteiger charge is 2.02. The molecule has 0 saturated carbocycles. The molecule has 2 nitrogen and oxygen atoms in total. The third-order valence-electron chi connectivity index (χ3n) is 2.15. The second kappa shape index (κ2) is 5.08. The maximum atomic E-state index is 5.91. The lowest BCUT2D eigenvalue weighted by atomic mass is 10.3. The predicted octanol–water partition coefficient (Wildman–Crippen LogP) is 4.36. The third kappa shape index (κ3) is 2.70. The normalized spacial score (nSPS) is 10.4. The lowest BCUT2D eigenvalue weighted by molar-refractivity contribution is 1.19. The number of nitrogens with one attached hydrogen (secondary N) is 1. The van der Waals surface area contributed by atoms with Gasteiger partial charge in [-0.2, -0.15) is 0 Å². The van der Waals surface area contributed by atoms with Crippen LogP contribution in [0.15, 0.2) is 34.1 Å². The largest absolute Gasteiger partial charge is 0.398 e. The summed E-state index contributed by atoms with van der Waals surface area (Å²) in [7, 11) is 0. The van der Waals surface area contributed by atoms with Gasteiger partial charge in [-0.3, -0.25) is 0 Å². The van der Waals surface area contributed by atoms with Crippen LogP contribution in [0.3, 0.4) is 0 Å². The van der Waals surface area contributed by atoms with Gasteiger partial charge in [-0.05, 0) is 45.6 Å². The fraction of sp³-hybridized carbons (Fsp3) is 0.0909. The molecule has 84 valence electrons. The Morgan fingerprint density at radius 3 is 2.81 bits per heavy atom. The van der Waals surface area contributed by atoms with Crippen molar-refractivity contribution in [2.24, 2.45) is 0 Å². The zero-order valence-corrected chi connectivity index (χ0v) is 11.5. The van der Waals surface area contributed by atoms with E-state index in [9.17, 15) is 0 Å². The Kier molecular flexibility index (Phi) is 3.74. The summed E-state index contributed by atoms with van der Waals surface area (Å²) < 4.78 is 0.887. The Hall–Kier alpha value is -0.710. The molecular formula is C11H10BrClN2S. The standard InChI is InChI=1S/C11H10BrClN2S/c12-8-5-7(1-2-9(8)13)15-6-11-10(14)3-4-16-11/h1-5,15H,6,14H2. The Morgan fingerprint density at radius 1 is 1.38 bits per heavy atom. The molecule has 0 bridgehead atoms. The summed E-state index contributed by atoms with van der Waals surface area (Å²) in [4.78, 5) is 1.14. The summed E-state index contributed by atoms with van der Waals surface area (Å²) in [6.45, 7) is 0.734. The Balaban J connectivity index is 2.05. The van der Waals surface area contributed by atoms with E-state index in [-0.39, 0.29) is 0 Å². The van der Waals surface area contributed by atoms with Gasteiger partial charge >= 0.3 is 0 Å². The van der Waals surface area contributed by atoms with Gasteiger partial charge < -0.3 is 11.1 Å². The zero-order chi connectivity index (χ0) is 11.5. The van der Waals surface area contributed by atoms with E-state index < -0.39 is 0 Å². The number of nitrogens with two attached hydrogens (primary N) is 1. The van der Waals surface area contributed by atoms with Crippen LogP contribution in [0, 0.1) is 0 Å². The van der Waals surface area contributed by atoms with E-state index in [1.807, 2.05) is 29.6 Å². The van der Waals surface area contributed by atoms with Gasteiger partial charge in [0.05, 0.1) is 11.6 Å². The topological polar surface area (TPSA) is 38.0 Å². The van der Waals surface area contributed by atoms with E-state index >= 15 is 0 Å². The highest BCUT2D eigenvalue weighted by Crippen LogP contribution is 2.26. The number of benzene rings is 1. The van der Waals surface area contributed by atoms with Crippen molar-refractivity contribution in [3.8, 4) is 0 Å². The highest BCUT2D eigenvalue weighted by atomic mass is 79.9. The molecule has 0 saturated heterocycles. The summed E-state index contributed by atoms with van der Waals surface area (Å²) in [5.74, 6) is 0.